The molecule has 0 aliphatic carbocycles. The first kappa shape index (κ1) is 21.1. The minimum atomic E-state index is -3.80. The molecule has 1 N–H and O–H groups in total. The van der Waals surface area contributed by atoms with Gasteiger partial charge in [0, 0.05) is 5.39 Å². The molecule has 0 aliphatic rings. The number of anilines is 1. The van der Waals surface area contributed by atoms with E-state index in [1.807, 2.05) is 49.4 Å². The predicted octanol–water partition coefficient (Wildman–Crippen LogP) is 5.80. The molecule has 8 heteroatoms. The summed E-state index contributed by atoms with van der Waals surface area (Å²) in [7, 11) is -3.80. The van der Waals surface area contributed by atoms with Crippen LogP contribution in [0.25, 0.3) is 10.9 Å². The number of aryl methyl sites for hydroxylation is 3. The smallest absolute Gasteiger partial charge is 0.262 e. The Morgan fingerprint density at radius 2 is 1.65 bits per heavy atom. The number of fused-ring (bicyclic) bond motifs is 1. The Hall–Kier alpha value is -3.16. The Morgan fingerprint density at radius 3 is 2.35 bits per heavy atom. The Labute approximate surface area is 185 Å². The van der Waals surface area contributed by atoms with Gasteiger partial charge in [-0.3, -0.25) is 9.71 Å². The molecular formula is C23H20ClN3O3S. The van der Waals surface area contributed by atoms with Crippen LogP contribution in [0.4, 0.5) is 5.69 Å². The second-order valence-electron chi connectivity index (χ2n) is 7.31. The number of rotatable bonds is 5. The molecule has 0 unspecified atom stereocenters. The van der Waals surface area contributed by atoms with Crippen molar-refractivity contribution in [2.45, 2.75) is 25.7 Å². The van der Waals surface area contributed by atoms with Crippen LogP contribution in [0.2, 0.25) is 5.02 Å². The van der Waals surface area contributed by atoms with Gasteiger partial charge in [-0.1, -0.05) is 47.5 Å². The Bertz CT molecular complexity index is 1380. The lowest BCUT2D eigenvalue weighted by Crippen LogP contribution is -2.16. The van der Waals surface area contributed by atoms with Crippen molar-refractivity contribution < 1.29 is 13.2 Å². The summed E-state index contributed by atoms with van der Waals surface area (Å²) in [4.78, 5) is 8.77. The van der Waals surface area contributed by atoms with Gasteiger partial charge in [0.2, 0.25) is 5.88 Å². The molecule has 0 amide bonds. The maximum atomic E-state index is 12.9. The van der Waals surface area contributed by atoms with Crippen molar-refractivity contribution in [3.63, 3.8) is 0 Å². The van der Waals surface area contributed by atoms with E-state index in [1.165, 1.54) is 12.3 Å². The third-order valence-electron chi connectivity index (χ3n) is 4.71. The minimum Gasteiger partial charge on any atom is -0.436 e. The van der Waals surface area contributed by atoms with Gasteiger partial charge in [0.1, 0.15) is 10.8 Å². The summed E-state index contributed by atoms with van der Waals surface area (Å²) in [6.07, 6.45) is 2.95. The third-order valence-corrected chi connectivity index (χ3v) is 6.67. The molecule has 0 bridgehead atoms. The van der Waals surface area contributed by atoms with Gasteiger partial charge < -0.3 is 4.74 Å². The van der Waals surface area contributed by atoms with Gasteiger partial charge in [-0.05, 0) is 50.1 Å². The highest BCUT2D eigenvalue weighted by Gasteiger charge is 2.21. The average molecular weight is 454 g/mol. The van der Waals surface area contributed by atoms with E-state index in [0.29, 0.717) is 16.9 Å². The molecule has 0 atom stereocenters. The van der Waals surface area contributed by atoms with E-state index in [0.717, 1.165) is 16.5 Å². The van der Waals surface area contributed by atoms with Gasteiger partial charge in [-0.25, -0.2) is 13.4 Å². The number of nitrogens with one attached hydrogen (secondary N) is 1. The first-order chi connectivity index (χ1) is 14.7. The fraction of sp³-hybridized carbons (Fsp3) is 0.130. The van der Waals surface area contributed by atoms with Crippen LogP contribution in [-0.2, 0) is 10.0 Å². The van der Waals surface area contributed by atoms with Crippen LogP contribution < -0.4 is 9.46 Å². The monoisotopic (exact) mass is 453 g/mol. The van der Waals surface area contributed by atoms with Crippen molar-refractivity contribution in [1.82, 2.24) is 9.97 Å². The molecular weight excluding hydrogens is 434 g/mol. The number of ether oxygens (including phenoxy) is 1. The standard InChI is InChI=1S/C23H20ClN3O3S/c1-14-8-15(2)22(16(3)9-14)31(28,29)27-18-11-20(24)23(26-12-18)30-19-10-17-6-4-5-7-21(17)25-13-19/h4-13,27H,1-3H3. The van der Waals surface area contributed by atoms with Crippen molar-refractivity contribution in [3.8, 4) is 11.6 Å². The van der Waals surface area contributed by atoms with Gasteiger partial charge in [0.25, 0.3) is 10.0 Å². The van der Waals surface area contributed by atoms with Gasteiger partial charge in [0.15, 0.2) is 0 Å². The molecule has 0 saturated carbocycles. The van der Waals surface area contributed by atoms with Crippen LogP contribution >= 0.6 is 11.6 Å². The van der Waals surface area contributed by atoms with Crippen molar-refractivity contribution >= 4 is 38.2 Å². The van der Waals surface area contributed by atoms with E-state index >= 15 is 0 Å². The fourth-order valence-corrected chi connectivity index (χ4v) is 5.27. The van der Waals surface area contributed by atoms with Crippen molar-refractivity contribution in [1.29, 1.82) is 0 Å². The summed E-state index contributed by atoms with van der Waals surface area (Å²) in [6.45, 7) is 5.47. The fourth-order valence-electron chi connectivity index (χ4n) is 3.57. The first-order valence-corrected chi connectivity index (χ1v) is 11.4. The van der Waals surface area contributed by atoms with Gasteiger partial charge in [-0.15, -0.1) is 0 Å². The lowest BCUT2D eigenvalue weighted by molar-refractivity contribution is 0.462. The first-order valence-electron chi connectivity index (χ1n) is 9.52. The summed E-state index contributed by atoms with van der Waals surface area (Å²) in [5.41, 5.74) is 3.44. The SMILES string of the molecule is Cc1cc(C)c(S(=O)(=O)Nc2cnc(Oc3cnc4ccccc4c3)c(Cl)c2)c(C)c1. The largest absolute Gasteiger partial charge is 0.436 e. The number of sulfonamides is 1. The van der Waals surface area contributed by atoms with Crippen LogP contribution in [0.1, 0.15) is 16.7 Å². The molecule has 0 fully saturated rings. The lowest BCUT2D eigenvalue weighted by atomic mass is 10.1. The number of hydrogen-bond acceptors (Lipinski definition) is 5. The number of hydrogen-bond donors (Lipinski definition) is 1. The molecule has 2 aromatic carbocycles. The van der Waals surface area contributed by atoms with Crippen molar-refractivity contribution in [3.05, 3.63) is 82.6 Å². The molecule has 2 aromatic heterocycles. The van der Waals surface area contributed by atoms with E-state index in [2.05, 4.69) is 14.7 Å². The Kier molecular flexibility index (Phi) is 5.56. The highest BCUT2D eigenvalue weighted by Crippen LogP contribution is 2.31. The molecule has 0 saturated heterocycles. The Morgan fingerprint density at radius 1 is 0.935 bits per heavy atom. The summed E-state index contributed by atoms with van der Waals surface area (Å²) in [5.74, 6) is 0.636. The second kappa shape index (κ2) is 8.17. The number of aromatic nitrogens is 2. The number of pyridine rings is 2. The summed E-state index contributed by atoms with van der Waals surface area (Å²) >= 11 is 6.31. The normalized spacial score (nSPS) is 11.5. The van der Waals surface area contributed by atoms with Crippen LogP contribution in [0.3, 0.4) is 0 Å². The molecule has 0 radical (unpaired) electrons. The lowest BCUT2D eigenvalue weighted by Gasteiger charge is -2.14. The van der Waals surface area contributed by atoms with Gasteiger partial charge in [-0.2, -0.15) is 0 Å². The minimum absolute atomic E-state index is 0.157. The zero-order chi connectivity index (χ0) is 22.2. The molecule has 2 heterocycles. The van der Waals surface area contributed by atoms with Crippen LogP contribution in [0, 0.1) is 20.8 Å². The highest BCUT2D eigenvalue weighted by molar-refractivity contribution is 7.92. The van der Waals surface area contributed by atoms with Crippen LogP contribution in [0.15, 0.2) is 65.8 Å². The molecule has 158 valence electrons. The highest BCUT2D eigenvalue weighted by atomic mass is 35.5. The number of benzene rings is 2. The molecule has 0 aliphatic heterocycles. The molecule has 0 spiro atoms. The van der Waals surface area contributed by atoms with Gasteiger partial charge in [0.05, 0.1) is 28.5 Å². The van der Waals surface area contributed by atoms with E-state index in [4.69, 9.17) is 16.3 Å². The zero-order valence-corrected chi connectivity index (χ0v) is 18.8. The summed E-state index contributed by atoms with van der Waals surface area (Å²) in [6, 6.07) is 14.6. The maximum Gasteiger partial charge on any atom is 0.262 e. The third kappa shape index (κ3) is 4.47. The number of halogens is 1. The predicted molar refractivity (Wildman–Crippen MR) is 123 cm³/mol. The van der Waals surface area contributed by atoms with Crippen molar-refractivity contribution in [2.75, 3.05) is 4.72 Å². The second-order valence-corrected chi connectivity index (χ2v) is 9.34. The van der Waals surface area contributed by atoms with Gasteiger partial charge >= 0.3 is 0 Å². The maximum absolute atomic E-state index is 12.9. The Balaban J connectivity index is 1.58. The topological polar surface area (TPSA) is 81.2 Å². The molecule has 31 heavy (non-hydrogen) atoms. The van der Waals surface area contributed by atoms with E-state index in [-0.39, 0.29) is 21.5 Å². The summed E-state index contributed by atoms with van der Waals surface area (Å²) < 4.78 is 34.2. The van der Waals surface area contributed by atoms with Crippen LogP contribution in [0.5, 0.6) is 11.6 Å². The molecule has 4 rings (SSSR count). The van der Waals surface area contributed by atoms with Crippen molar-refractivity contribution in [2.24, 2.45) is 0 Å². The quantitative estimate of drug-likeness (QED) is 0.413. The van der Waals surface area contributed by atoms with Crippen LogP contribution in [-0.4, -0.2) is 18.4 Å². The van der Waals surface area contributed by atoms with E-state index in [9.17, 15) is 8.42 Å². The average Bonchev–Trinajstić information content (AvgIpc) is 2.68. The number of para-hydroxylation sites is 1. The van der Waals surface area contributed by atoms with E-state index in [1.54, 1.807) is 20.0 Å². The molecule has 6 nitrogen and oxygen atoms in total. The molecule has 4 aromatic rings. The zero-order valence-electron chi connectivity index (χ0n) is 17.2. The van der Waals surface area contributed by atoms with E-state index < -0.39 is 10.0 Å². The summed E-state index contributed by atoms with van der Waals surface area (Å²) in [5, 5.41) is 1.09. The number of nitrogens with zero attached hydrogens (tertiary/aromatic N) is 2.